The number of carboxylic acid groups (broad SMARTS) is 1. The minimum absolute atomic E-state index is 0.186. The molecular weight excluding hydrogens is 246 g/mol. The predicted octanol–water partition coefficient (Wildman–Crippen LogP) is 1.97. The van der Waals surface area contributed by atoms with E-state index in [0.29, 0.717) is 19.5 Å². The summed E-state index contributed by atoms with van der Waals surface area (Å²) in [5.74, 6) is 0.784. The zero-order valence-electron chi connectivity index (χ0n) is 11.7. The first-order valence-corrected chi connectivity index (χ1v) is 6.22. The lowest BCUT2D eigenvalue weighted by Crippen LogP contribution is -2.17. The van der Waals surface area contributed by atoms with E-state index in [9.17, 15) is 4.79 Å². The Morgan fingerprint density at radius 1 is 1.32 bits per heavy atom. The van der Waals surface area contributed by atoms with Crippen molar-refractivity contribution < 1.29 is 19.4 Å². The minimum Gasteiger partial charge on any atom is -0.497 e. The Balaban J connectivity index is 2.59. The predicted molar refractivity (Wildman–Crippen MR) is 72.9 cm³/mol. The SMILES string of the molecule is COc1cc(C)c(CNCCCC(=O)O)c(OC)c1. The van der Waals surface area contributed by atoms with Gasteiger partial charge in [-0.05, 0) is 31.5 Å². The number of hydrogen-bond donors (Lipinski definition) is 2. The highest BCUT2D eigenvalue weighted by Crippen LogP contribution is 2.28. The molecule has 0 saturated carbocycles. The second kappa shape index (κ2) is 7.63. The Bertz CT molecular complexity index is 432. The zero-order valence-corrected chi connectivity index (χ0v) is 11.7. The van der Waals surface area contributed by atoms with Gasteiger partial charge in [-0.1, -0.05) is 0 Å². The van der Waals surface area contributed by atoms with Gasteiger partial charge in [0.2, 0.25) is 0 Å². The van der Waals surface area contributed by atoms with Crippen molar-refractivity contribution >= 4 is 5.97 Å². The van der Waals surface area contributed by atoms with E-state index in [-0.39, 0.29) is 6.42 Å². The Morgan fingerprint density at radius 3 is 2.63 bits per heavy atom. The number of rotatable bonds is 8. The fraction of sp³-hybridized carbons (Fsp3) is 0.500. The second-order valence-corrected chi connectivity index (χ2v) is 4.30. The van der Waals surface area contributed by atoms with Gasteiger partial charge >= 0.3 is 5.97 Å². The highest BCUT2D eigenvalue weighted by atomic mass is 16.5. The fourth-order valence-electron chi connectivity index (χ4n) is 1.86. The van der Waals surface area contributed by atoms with Crippen LogP contribution in [0.2, 0.25) is 0 Å². The van der Waals surface area contributed by atoms with Crippen molar-refractivity contribution in [2.24, 2.45) is 0 Å². The van der Waals surface area contributed by atoms with Crippen LogP contribution in [-0.2, 0) is 11.3 Å². The molecule has 1 rings (SSSR count). The van der Waals surface area contributed by atoms with Gasteiger partial charge in [-0.25, -0.2) is 0 Å². The quantitative estimate of drug-likeness (QED) is 0.705. The first-order chi connectivity index (χ1) is 9.08. The van der Waals surface area contributed by atoms with Crippen molar-refractivity contribution in [3.05, 3.63) is 23.3 Å². The Morgan fingerprint density at radius 2 is 2.05 bits per heavy atom. The van der Waals surface area contributed by atoms with Crippen LogP contribution in [0.3, 0.4) is 0 Å². The molecular formula is C14H21NO4. The number of methoxy groups -OCH3 is 2. The van der Waals surface area contributed by atoms with Gasteiger partial charge in [0.25, 0.3) is 0 Å². The summed E-state index contributed by atoms with van der Waals surface area (Å²) >= 11 is 0. The molecule has 5 heteroatoms. The summed E-state index contributed by atoms with van der Waals surface area (Å²) in [5, 5.41) is 11.8. The third-order valence-corrected chi connectivity index (χ3v) is 2.91. The van der Waals surface area contributed by atoms with E-state index in [1.807, 2.05) is 19.1 Å². The fourth-order valence-corrected chi connectivity index (χ4v) is 1.86. The van der Waals surface area contributed by atoms with Crippen molar-refractivity contribution in [2.45, 2.75) is 26.3 Å². The van der Waals surface area contributed by atoms with Gasteiger partial charge in [0.1, 0.15) is 11.5 Å². The summed E-state index contributed by atoms with van der Waals surface area (Å²) in [5.41, 5.74) is 2.15. The number of ether oxygens (including phenoxy) is 2. The van der Waals surface area contributed by atoms with Crippen LogP contribution in [-0.4, -0.2) is 31.8 Å². The molecule has 19 heavy (non-hydrogen) atoms. The number of carboxylic acids is 1. The number of nitrogens with one attached hydrogen (secondary N) is 1. The van der Waals surface area contributed by atoms with Crippen molar-refractivity contribution in [3.63, 3.8) is 0 Å². The van der Waals surface area contributed by atoms with E-state index in [4.69, 9.17) is 14.6 Å². The number of carbonyl (C=O) groups is 1. The number of hydrogen-bond acceptors (Lipinski definition) is 4. The van der Waals surface area contributed by atoms with E-state index in [0.717, 1.165) is 22.6 Å². The summed E-state index contributed by atoms with van der Waals surface area (Å²) in [6.45, 7) is 3.32. The average molecular weight is 267 g/mol. The molecule has 5 nitrogen and oxygen atoms in total. The maximum Gasteiger partial charge on any atom is 0.303 e. The average Bonchev–Trinajstić information content (AvgIpc) is 2.38. The smallest absolute Gasteiger partial charge is 0.303 e. The first-order valence-electron chi connectivity index (χ1n) is 6.22. The van der Waals surface area contributed by atoms with Crippen LogP contribution in [0, 0.1) is 6.92 Å². The van der Waals surface area contributed by atoms with Gasteiger partial charge in [-0.2, -0.15) is 0 Å². The van der Waals surface area contributed by atoms with E-state index in [1.54, 1.807) is 14.2 Å². The molecule has 0 aliphatic carbocycles. The molecule has 1 aromatic rings. The third-order valence-electron chi connectivity index (χ3n) is 2.91. The van der Waals surface area contributed by atoms with Crippen molar-refractivity contribution in [1.29, 1.82) is 0 Å². The van der Waals surface area contributed by atoms with Crippen LogP contribution in [0.25, 0.3) is 0 Å². The van der Waals surface area contributed by atoms with Crippen LogP contribution in [0.4, 0.5) is 0 Å². The molecule has 0 fully saturated rings. The molecule has 0 bridgehead atoms. The molecule has 0 radical (unpaired) electrons. The summed E-state index contributed by atoms with van der Waals surface area (Å²) in [4.78, 5) is 10.4. The summed E-state index contributed by atoms with van der Waals surface area (Å²) in [7, 11) is 3.25. The molecule has 0 unspecified atom stereocenters. The summed E-state index contributed by atoms with van der Waals surface area (Å²) in [6, 6.07) is 3.80. The van der Waals surface area contributed by atoms with E-state index in [1.165, 1.54) is 0 Å². The molecule has 0 aliphatic rings. The molecule has 0 aliphatic heterocycles. The lowest BCUT2D eigenvalue weighted by Gasteiger charge is -2.14. The van der Waals surface area contributed by atoms with Crippen LogP contribution >= 0.6 is 0 Å². The number of benzene rings is 1. The van der Waals surface area contributed by atoms with Gasteiger partial charge in [0, 0.05) is 24.6 Å². The standard InChI is InChI=1S/C14H21NO4/c1-10-7-11(18-2)8-13(19-3)12(10)9-15-6-4-5-14(16)17/h7-8,15H,4-6,9H2,1-3H3,(H,16,17). The van der Waals surface area contributed by atoms with Gasteiger partial charge in [-0.3, -0.25) is 4.79 Å². The molecule has 0 aromatic heterocycles. The van der Waals surface area contributed by atoms with Crippen LogP contribution in [0.15, 0.2) is 12.1 Å². The Labute approximate surface area is 113 Å². The Kier molecular flexibility index (Phi) is 6.15. The molecule has 0 heterocycles. The second-order valence-electron chi connectivity index (χ2n) is 4.30. The first kappa shape index (κ1) is 15.3. The molecule has 0 atom stereocenters. The van der Waals surface area contributed by atoms with Crippen molar-refractivity contribution in [1.82, 2.24) is 5.32 Å². The van der Waals surface area contributed by atoms with Gasteiger partial charge < -0.3 is 19.9 Å². The molecule has 106 valence electrons. The van der Waals surface area contributed by atoms with E-state index >= 15 is 0 Å². The molecule has 2 N–H and O–H groups in total. The largest absolute Gasteiger partial charge is 0.497 e. The van der Waals surface area contributed by atoms with E-state index in [2.05, 4.69) is 5.32 Å². The highest BCUT2D eigenvalue weighted by molar-refractivity contribution is 5.66. The molecule has 0 saturated heterocycles. The van der Waals surface area contributed by atoms with Gasteiger partial charge in [0.05, 0.1) is 14.2 Å². The maximum atomic E-state index is 10.4. The summed E-state index contributed by atoms with van der Waals surface area (Å²) < 4.78 is 10.5. The van der Waals surface area contributed by atoms with Crippen LogP contribution in [0.5, 0.6) is 11.5 Å². The monoisotopic (exact) mass is 267 g/mol. The van der Waals surface area contributed by atoms with Gasteiger partial charge in [0.15, 0.2) is 0 Å². The topological polar surface area (TPSA) is 67.8 Å². The lowest BCUT2D eigenvalue weighted by atomic mass is 10.1. The minimum atomic E-state index is -0.764. The number of aryl methyl sites for hydroxylation is 1. The van der Waals surface area contributed by atoms with E-state index < -0.39 is 5.97 Å². The molecule has 0 amide bonds. The van der Waals surface area contributed by atoms with Gasteiger partial charge in [-0.15, -0.1) is 0 Å². The van der Waals surface area contributed by atoms with Crippen molar-refractivity contribution in [2.75, 3.05) is 20.8 Å². The highest BCUT2D eigenvalue weighted by Gasteiger charge is 2.09. The zero-order chi connectivity index (χ0) is 14.3. The molecule has 0 spiro atoms. The van der Waals surface area contributed by atoms with Crippen molar-refractivity contribution in [3.8, 4) is 11.5 Å². The normalized spacial score (nSPS) is 10.3. The third kappa shape index (κ3) is 4.79. The lowest BCUT2D eigenvalue weighted by molar-refractivity contribution is -0.137. The maximum absolute atomic E-state index is 10.4. The molecule has 1 aromatic carbocycles. The Hall–Kier alpha value is -1.75. The van der Waals surface area contributed by atoms with Crippen LogP contribution < -0.4 is 14.8 Å². The van der Waals surface area contributed by atoms with Crippen LogP contribution in [0.1, 0.15) is 24.0 Å². The number of aliphatic carboxylic acids is 1. The summed E-state index contributed by atoms with van der Waals surface area (Å²) in [6.07, 6.45) is 0.804.